The number of hydrogen-bond acceptors (Lipinski definition) is 26. The lowest BCUT2D eigenvalue weighted by molar-refractivity contribution is -0.152. The van der Waals surface area contributed by atoms with Crippen LogP contribution in [0, 0.1) is 17.3 Å². The van der Waals surface area contributed by atoms with E-state index in [4.69, 9.17) is 43.1 Å². The van der Waals surface area contributed by atoms with Crippen molar-refractivity contribution < 1.29 is 86.2 Å². The Morgan fingerprint density at radius 1 is 0.640 bits per heavy atom. The number of nitrogens with one attached hydrogen (secondary N) is 6. The molecule has 0 bridgehead atoms. The number of Topliss-reactive ketones (excluding diaryl/α,β-unsaturated/α-hetero) is 1. The van der Waals surface area contributed by atoms with Crippen LogP contribution in [0.15, 0.2) is 76.3 Å². The zero-order valence-electron chi connectivity index (χ0n) is 63.9. The molecule has 6 aliphatic rings. The quantitative estimate of drug-likeness (QED) is 0.0205. The summed E-state index contributed by atoms with van der Waals surface area (Å²) in [6.07, 6.45) is 14.1. The number of carbonyl (C=O) groups excluding carboxylic acids is 10. The molecule has 111 heavy (non-hydrogen) atoms. The fraction of sp³-hybridized carbons (Fsp3) is 0.532. The van der Waals surface area contributed by atoms with Gasteiger partial charge in [-0.05, 0) is 137 Å². The molecule has 4 fully saturated rings. The third-order valence-electron chi connectivity index (χ3n) is 19.4. The van der Waals surface area contributed by atoms with Crippen LogP contribution in [-0.2, 0) is 57.3 Å². The first-order valence-corrected chi connectivity index (χ1v) is 39.0. The highest BCUT2D eigenvalue weighted by atomic mass is 32.1. The van der Waals surface area contributed by atoms with E-state index in [1.165, 1.54) is 32.5 Å². The maximum Gasteiger partial charge on any atom is 0.408 e. The van der Waals surface area contributed by atoms with Gasteiger partial charge in [-0.25, -0.2) is 39.3 Å². The number of esters is 2. The van der Waals surface area contributed by atoms with Gasteiger partial charge >= 0.3 is 24.1 Å². The molecule has 2 saturated carbocycles. The largest absolute Gasteiger partial charge is 0.497 e. The number of ketones is 1. The van der Waals surface area contributed by atoms with Crippen molar-refractivity contribution in [3.8, 4) is 40.2 Å². The zero-order valence-corrected chi connectivity index (χ0v) is 65.5. The van der Waals surface area contributed by atoms with Gasteiger partial charge in [0.15, 0.2) is 27.4 Å². The number of thiazole rings is 2. The summed E-state index contributed by atoms with van der Waals surface area (Å²) >= 11 is 2.42. The number of alkyl carbamates (subject to hydrolysis) is 2. The SMILES string of the molecule is CCOC(=O)[C@@]12C[C@H]1/C=C\CCCCC[C@H](NC(=O)OC(C)(C)C)C(=O)N1C[C@@H](O)C[C@H]1C(=O)N2.CCOC(=O)[C@]12CC(=O)[C@@H]3CC(Oc4nc5cc(OC)ccc5nc4-c4csc(NC=O)n4)CN3C(=O)[C@@H](NC(=O)OC(C)(C)C)CCCCC/C=C\[C@@H]1C2.COc1ccc2nc(-c3csc(NC=O)n3)c(=O)[nH]c2c1. The summed E-state index contributed by atoms with van der Waals surface area (Å²) in [6, 6.07) is 6.66. The van der Waals surface area contributed by atoms with Crippen molar-refractivity contribution in [2.24, 2.45) is 17.3 Å². The topological polar surface area (TPSA) is 419 Å². The van der Waals surface area contributed by atoms with E-state index >= 15 is 0 Å². The molecule has 2 aliphatic carbocycles. The van der Waals surface area contributed by atoms with Crippen molar-refractivity contribution in [2.75, 3.05) is 51.2 Å². The number of ether oxygens (including phenoxy) is 7. The molecule has 32 nitrogen and oxygen atoms in total. The van der Waals surface area contributed by atoms with Crippen LogP contribution in [0.2, 0.25) is 0 Å². The van der Waals surface area contributed by atoms with Crippen LogP contribution < -0.4 is 46.4 Å². The van der Waals surface area contributed by atoms with E-state index in [1.807, 2.05) is 18.2 Å². The maximum absolute atomic E-state index is 14.6. The van der Waals surface area contributed by atoms with E-state index in [0.717, 1.165) is 38.5 Å². The second kappa shape index (κ2) is 36.6. The summed E-state index contributed by atoms with van der Waals surface area (Å²) in [5, 5.41) is 27.7. The lowest BCUT2D eigenvalue weighted by atomic mass is 9.91. The summed E-state index contributed by atoms with van der Waals surface area (Å²) in [5.74, 6) is -1.63. The number of fused-ring (bicyclic) bond motifs is 6. The standard InChI is InChI=1S/C39H48N6O9S.C25H39N3O7.C13H10N4O3S/c1-6-52-35(49)39-18-23(39)12-10-8-7-9-11-13-27(44-37(50)54-38(2,3)4)34(48)45-20-25(17-30(45)31(47)19-39)53-33-32(29-21-55-36(43-29)40-22-46)41-26-15-14-24(51-5)16-28(26)42-33;1-5-34-22(32)25-14-16(25)11-9-7-6-8-10-12-18(26-23(33)35-24(2,3)4)21(31)28-15-17(29)13-19(28)20(30)27-25;1-20-7-2-3-8-9(4-7)16-12(19)11(15-8)10-5-21-13(17-10)14-6-18/h10,12,14-16,21-23,25,27,30H,6-9,11,13,17-20H2,1-5H3,(H,44,50)(H,40,43,46);9,11,16-19,29H,5-8,10,12-15H2,1-4H3,(H,26,33)(H,27,30);2-6H,1H3,(H,16,19)(H,14,17,18)/b12-10-;11-9-;/t23-,25?,27+,30+,39-;16-,17+,18+,19+,25-;/m11./s1. The number of rotatable bonds is 16. The van der Waals surface area contributed by atoms with Crippen molar-refractivity contribution >= 4 is 115 Å². The molecule has 2 saturated heterocycles. The summed E-state index contributed by atoms with van der Waals surface area (Å²) in [6.45, 7) is 14.2. The summed E-state index contributed by atoms with van der Waals surface area (Å²) < 4.78 is 38.7. The number of amides is 7. The Labute approximate surface area is 649 Å². The number of aliphatic hydroxyl groups is 1. The van der Waals surface area contributed by atoms with E-state index in [2.05, 4.69) is 52.6 Å². The van der Waals surface area contributed by atoms with Gasteiger partial charge in [-0.2, -0.15) is 0 Å². The molecule has 8 heterocycles. The molecule has 596 valence electrons. The predicted molar refractivity (Wildman–Crippen MR) is 410 cm³/mol. The molecule has 4 aromatic heterocycles. The maximum atomic E-state index is 14.6. The number of hydrogen-bond donors (Lipinski definition) is 7. The van der Waals surface area contributed by atoms with Gasteiger partial charge in [-0.1, -0.05) is 50.0 Å². The molecule has 0 radical (unpaired) electrons. The third kappa shape index (κ3) is 21.2. The molecular weight excluding hydrogens is 1480 g/mol. The molecule has 6 aromatic rings. The van der Waals surface area contributed by atoms with E-state index in [1.54, 1.807) is 117 Å². The Morgan fingerprint density at radius 3 is 1.77 bits per heavy atom. The smallest absolute Gasteiger partial charge is 0.408 e. The minimum atomic E-state index is -1.15. The highest BCUT2D eigenvalue weighted by Gasteiger charge is 2.63. The Kier molecular flexibility index (Phi) is 27.3. The van der Waals surface area contributed by atoms with Crippen LogP contribution >= 0.6 is 22.7 Å². The number of benzene rings is 2. The lowest BCUT2D eigenvalue weighted by Crippen LogP contribution is -2.56. The van der Waals surface area contributed by atoms with Gasteiger partial charge in [-0.3, -0.25) is 38.4 Å². The number of methoxy groups -OCH3 is 2. The number of aliphatic hydroxyl groups excluding tert-OH is 1. The summed E-state index contributed by atoms with van der Waals surface area (Å²) in [7, 11) is 3.10. The van der Waals surface area contributed by atoms with Crippen LogP contribution in [0.5, 0.6) is 17.4 Å². The normalized spacial score (nSPS) is 24.7. The molecule has 2 aromatic carbocycles. The molecular formula is C77H97N13O19S2. The minimum Gasteiger partial charge on any atom is -0.497 e. The number of nitrogens with zero attached hydrogens (tertiary/aromatic N) is 7. The van der Waals surface area contributed by atoms with Crippen LogP contribution in [0.4, 0.5) is 19.9 Å². The van der Waals surface area contributed by atoms with Gasteiger partial charge < -0.3 is 79.6 Å². The van der Waals surface area contributed by atoms with E-state index < -0.39 is 100 Å². The Morgan fingerprint density at radius 2 is 1.19 bits per heavy atom. The number of aromatic nitrogens is 6. The van der Waals surface area contributed by atoms with Crippen LogP contribution in [0.1, 0.15) is 152 Å². The first kappa shape index (κ1) is 83.0. The van der Waals surface area contributed by atoms with Gasteiger partial charge in [-0.15, -0.1) is 22.7 Å². The molecule has 4 aliphatic heterocycles. The highest BCUT2D eigenvalue weighted by Crippen LogP contribution is 2.58. The second-order valence-electron chi connectivity index (χ2n) is 29.9. The summed E-state index contributed by atoms with van der Waals surface area (Å²) in [5.41, 5.74) is -0.472. The van der Waals surface area contributed by atoms with Gasteiger partial charge in [0.2, 0.25) is 36.4 Å². The molecule has 10 atom stereocenters. The van der Waals surface area contributed by atoms with Crippen LogP contribution in [-0.4, -0.2) is 199 Å². The third-order valence-corrected chi connectivity index (χ3v) is 21.0. The second-order valence-corrected chi connectivity index (χ2v) is 31.6. The first-order valence-electron chi connectivity index (χ1n) is 37.2. The zero-order chi connectivity index (χ0) is 80.0. The summed E-state index contributed by atoms with van der Waals surface area (Å²) in [4.78, 5) is 169. The number of aromatic amines is 1. The molecule has 7 amide bonds. The molecule has 12 rings (SSSR count). The van der Waals surface area contributed by atoms with E-state index in [9.17, 15) is 57.8 Å². The van der Waals surface area contributed by atoms with Crippen LogP contribution in [0.3, 0.4) is 0 Å². The fourth-order valence-corrected chi connectivity index (χ4v) is 15.2. The number of H-pyrrole nitrogens is 1. The molecule has 34 heteroatoms. The van der Waals surface area contributed by atoms with Crippen molar-refractivity contribution in [3.63, 3.8) is 0 Å². The number of allylic oxidation sites excluding steroid dienone is 3. The lowest BCUT2D eigenvalue weighted by Gasteiger charge is -2.30. The van der Waals surface area contributed by atoms with E-state index in [-0.39, 0.29) is 80.3 Å². The Balaban J connectivity index is 0.000000198. The van der Waals surface area contributed by atoms with Crippen molar-refractivity contribution in [2.45, 2.75) is 205 Å². The van der Waals surface area contributed by atoms with E-state index in [0.29, 0.717) is 112 Å². The van der Waals surface area contributed by atoms with Gasteiger partial charge in [0.25, 0.3) is 5.56 Å². The number of carbonyl (C=O) groups is 10. The van der Waals surface area contributed by atoms with Crippen LogP contribution in [0.25, 0.3) is 44.8 Å². The molecule has 0 spiro atoms. The molecule has 7 N–H and O–H groups in total. The van der Waals surface area contributed by atoms with Crippen molar-refractivity contribution in [3.05, 3.63) is 81.8 Å². The van der Waals surface area contributed by atoms with Gasteiger partial charge in [0, 0.05) is 54.6 Å². The highest BCUT2D eigenvalue weighted by molar-refractivity contribution is 7.14. The van der Waals surface area contributed by atoms with Crippen molar-refractivity contribution in [1.29, 1.82) is 0 Å². The van der Waals surface area contributed by atoms with Gasteiger partial charge in [0.1, 0.15) is 63.9 Å². The van der Waals surface area contributed by atoms with Gasteiger partial charge in [0.05, 0.1) is 73.6 Å². The average Bonchev–Trinajstić information content (AvgIpc) is 1.59. The predicted octanol–water partition coefficient (Wildman–Crippen LogP) is 9.04. The molecule has 1 unspecified atom stereocenters. The minimum absolute atomic E-state index is 0.0102. The number of anilines is 2. The average molecular weight is 1570 g/mol. The van der Waals surface area contributed by atoms with Crippen molar-refractivity contribution in [1.82, 2.24) is 55.7 Å². The fourth-order valence-electron chi connectivity index (χ4n) is 13.9. The monoisotopic (exact) mass is 1570 g/mol. The first-order chi connectivity index (χ1) is 53.0. The Bertz CT molecular complexity index is 4530. The Hall–Kier alpha value is -10.5.